The number of hydrogen-bond donors (Lipinski definition) is 3. The summed E-state index contributed by atoms with van der Waals surface area (Å²) >= 11 is 1.55. The summed E-state index contributed by atoms with van der Waals surface area (Å²) in [5.74, 6) is 0.435. The van der Waals surface area contributed by atoms with Crippen molar-refractivity contribution in [2.75, 3.05) is 17.6 Å². The van der Waals surface area contributed by atoms with Crippen molar-refractivity contribution in [2.24, 2.45) is 34.0 Å². The third-order valence-electron chi connectivity index (χ3n) is 11.9. The number of benzene rings is 1. The van der Waals surface area contributed by atoms with E-state index < -0.39 is 23.0 Å². The average Bonchev–Trinajstić information content (AvgIpc) is 3.36. The lowest BCUT2D eigenvalue weighted by molar-refractivity contribution is -0.206. The number of anilines is 1. The molecule has 9 atom stereocenters. The molecule has 1 amide bonds. The van der Waals surface area contributed by atoms with Crippen LogP contribution in [-0.4, -0.2) is 53.3 Å². The summed E-state index contributed by atoms with van der Waals surface area (Å²) in [6, 6.07) is 7.57. The first-order valence-corrected chi connectivity index (χ1v) is 17.2. The molecule has 3 saturated carbocycles. The zero-order chi connectivity index (χ0) is 31.0. The van der Waals surface area contributed by atoms with Crippen LogP contribution in [0.5, 0.6) is 0 Å². The van der Waals surface area contributed by atoms with Gasteiger partial charge in [0.05, 0.1) is 18.6 Å². The van der Waals surface area contributed by atoms with E-state index in [0.29, 0.717) is 18.6 Å². The number of rotatable bonds is 8. The molecule has 1 aliphatic heterocycles. The molecule has 1 unspecified atom stereocenters. The fourth-order valence-electron chi connectivity index (χ4n) is 8.94. The number of amides is 1. The highest BCUT2D eigenvalue weighted by atomic mass is 32.2. The van der Waals surface area contributed by atoms with Gasteiger partial charge in [-0.15, -0.1) is 18.3 Å². The van der Waals surface area contributed by atoms with Gasteiger partial charge in [0.15, 0.2) is 0 Å². The summed E-state index contributed by atoms with van der Waals surface area (Å²) in [5, 5.41) is 18.0. The Morgan fingerprint density at radius 3 is 2.72 bits per heavy atom. The number of thioether (sulfide) groups is 1. The SMILES string of the molecule is C=C[C@]1(C)C[C@@H](OC(=O)CCSc2cccc(NC(=O)[C@H]3CCCCN3)c2)[C@@]2(C)C3C(=O)CC[C@@]3(CC[C@H]2C)[C@@H](C)[C@@H]1O. The number of hydrogen-bond acceptors (Lipinski definition) is 7. The zero-order valence-electron chi connectivity index (χ0n) is 26.3. The van der Waals surface area contributed by atoms with Crippen molar-refractivity contribution in [1.82, 2.24) is 5.32 Å². The maximum absolute atomic E-state index is 13.6. The molecular formula is C35H50N2O5S. The Hall–Kier alpha value is -2.16. The van der Waals surface area contributed by atoms with Crippen molar-refractivity contribution in [2.45, 2.75) is 109 Å². The van der Waals surface area contributed by atoms with Crippen LogP contribution in [0.15, 0.2) is 41.8 Å². The minimum Gasteiger partial charge on any atom is -0.462 e. The number of aliphatic hydroxyl groups is 1. The molecule has 2 bridgehead atoms. The van der Waals surface area contributed by atoms with E-state index in [4.69, 9.17) is 4.74 Å². The van der Waals surface area contributed by atoms with Crippen LogP contribution in [0.3, 0.4) is 0 Å². The van der Waals surface area contributed by atoms with E-state index >= 15 is 0 Å². The Labute approximate surface area is 261 Å². The number of nitrogens with one attached hydrogen (secondary N) is 2. The van der Waals surface area contributed by atoms with Gasteiger partial charge in [-0.3, -0.25) is 14.4 Å². The summed E-state index contributed by atoms with van der Waals surface area (Å²) in [7, 11) is 0. The van der Waals surface area contributed by atoms with Gasteiger partial charge in [-0.2, -0.15) is 0 Å². The van der Waals surface area contributed by atoms with Gasteiger partial charge in [0, 0.05) is 39.5 Å². The van der Waals surface area contributed by atoms with Gasteiger partial charge in [0.1, 0.15) is 11.9 Å². The van der Waals surface area contributed by atoms with Gasteiger partial charge >= 0.3 is 5.97 Å². The molecule has 1 aromatic rings. The fourth-order valence-corrected chi connectivity index (χ4v) is 9.83. The summed E-state index contributed by atoms with van der Waals surface area (Å²) in [6.07, 6.45) is 7.53. The zero-order valence-corrected chi connectivity index (χ0v) is 27.1. The molecule has 1 saturated heterocycles. The molecule has 7 nitrogen and oxygen atoms in total. The lowest BCUT2D eigenvalue weighted by Crippen LogP contribution is -2.63. The maximum atomic E-state index is 13.6. The molecule has 1 heterocycles. The number of ketones is 1. The van der Waals surface area contributed by atoms with Crippen LogP contribution in [0, 0.1) is 34.0 Å². The van der Waals surface area contributed by atoms with Crippen LogP contribution in [-0.2, 0) is 19.1 Å². The normalized spacial score (nSPS) is 39.2. The van der Waals surface area contributed by atoms with Crippen LogP contribution >= 0.6 is 11.8 Å². The number of esters is 1. The highest BCUT2D eigenvalue weighted by Crippen LogP contribution is 2.68. The van der Waals surface area contributed by atoms with Gasteiger partial charge in [-0.05, 0) is 80.5 Å². The molecule has 5 rings (SSSR count). The summed E-state index contributed by atoms with van der Waals surface area (Å²) in [4.78, 5) is 40.6. The van der Waals surface area contributed by atoms with E-state index in [-0.39, 0.29) is 53.3 Å². The fraction of sp³-hybridized carbons (Fsp3) is 0.686. The molecule has 0 radical (unpaired) electrons. The molecule has 3 aliphatic carbocycles. The van der Waals surface area contributed by atoms with Crippen molar-refractivity contribution < 1.29 is 24.2 Å². The van der Waals surface area contributed by atoms with E-state index in [1.165, 1.54) is 0 Å². The number of Topliss-reactive ketones (excluding diaryl/α,β-unsaturated/α-hetero) is 1. The van der Waals surface area contributed by atoms with E-state index in [2.05, 4.69) is 38.0 Å². The highest BCUT2D eigenvalue weighted by Gasteiger charge is 2.68. The number of carbonyl (C=O) groups excluding carboxylic acids is 3. The van der Waals surface area contributed by atoms with Crippen molar-refractivity contribution >= 4 is 35.1 Å². The second-order valence-electron chi connectivity index (χ2n) is 14.2. The Bertz CT molecular complexity index is 1230. The molecule has 43 heavy (non-hydrogen) atoms. The lowest BCUT2D eigenvalue weighted by atomic mass is 9.44. The maximum Gasteiger partial charge on any atom is 0.306 e. The molecule has 0 spiro atoms. The third-order valence-corrected chi connectivity index (χ3v) is 12.9. The first-order valence-electron chi connectivity index (χ1n) is 16.3. The second-order valence-corrected chi connectivity index (χ2v) is 15.4. The predicted molar refractivity (Wildman–Crippen MR) is 171 cm³/mol. The molecule has 3 N–H and O–H groups in total. The summed E-state index contributed by atoms with van der Waals surface area (Å²) < 4.78 is 6.37. The second kappa shape index (κ2) is 12.7. The van der Waals surface area contributed by atoms with E-state index in [0.717, 1.165) is 55.7 Å². The Morgan fingerprint density at radius 2 is 2.00 bits per heavy atom. The number of carbonyl (C=O) groups is 3. The quantitative estimate of drug-likeness (QED) is 0.184. The number of piperidine rings is 1. The molecule has 236 valence electrons. The summed E-state index contributed by atoms with van der Waals surface area (Å²) in [5.41, 5.74) is -0.678. The monoisotopic (exact) mass is 610 g/mol. The molecule has 4 fully saturated rings. The molecule has 4 aliphatic rings. The molecular weight excluding hydrogens is 560 g/mol. The van der Waals surface area contributed by atoms with Crippen LogP contribution in [0.1, 0.15) is 85.5 Å². The topological polar surface area (TPSA) is 105 Å². The van der Waals surface area contributed by atoms with Gasteiger partial charge in [-0.1, -0.05) is 46.3 Å². The smallest absolute Gasteiger partial charge is 0.306 e. The largest absolute Gasteiger partial charge is 0.462 e. The molecule has 8 heteroatoms. The van der Waals surface area contributed by atoms with Gasteiger partial charge in [0.25, 0.3) is 0 Å². The third kappa shape index (κ3) is 5.96. The van der Waals surface area contributed by atoms with Crippen molar-refractivity contribution in [3.63, 3.8) is 0 Å². The first-order chi connectivity index (χ1) is 20.4. The first kappa shape index (κ1) is 32.2. The Kier molecular flexibility index (Phi) is 9.51. The minimum atomic E-state index is -0.672. The van der Waals surface area contributed by atoms with E-state index in [1.807, 2.05) is 37.3 Å². The van der Waals surface area contributed by atoms with Gasteiger partial charge < -0.3 is 20.5 Å². The van der Waals surface area contributed by atoms with E-state index in [9.17, 15) is 19.5 Å². The Morgan fingerprint density at radius 1 is 1.21 bits per heavy atom. The van der Waals surface area contributed by atoms with Crippen LogP contribution in [0.4, 0.5) is 5.69 Å². The van der Waals surface area contributed by atoms with E-state index in [1.54, 1.807) is 11.8 Å². The van der Waals surface area contributed by atoms with Crippen LogP contribution in [0.25, 0.3) is 0 Å². The summed E-state index contributed by atoms with van der Waals surface area (Å²) in [6.45, 7) is 13.5. The van der Waals surface area contributed by atoms with Crippen LogP contribution in [0.2, 0.25) is 0 Å². The lowest BCUT2D eigenvalue weighted by Gasteiger charge is -2.61. The minimum absolute atomic E-state index is 0.00846. The van der Waals surface area contributed by atoms with Gasteiger partial charge in [0.2, 0.25) is 5.91 Å². The van der Waals surface area contributed by atoms with Crippen molar-refractivity contribution in [1.29, 1.82) is 0 Å². The standard InChI is InChI=1S/C35H50N2O5S/c1-6-33(4)21-28(34(5)22(2)13-16-35(23(3)31(33)40)17-14-27(38)30(34)35)42-29(39)15-19-43-25-11-9-10-24(20-25)37-32(41)26-12-7-8-18-36-26/h6,9-11,20,22-23,26,28,30-31,36,40H,1,7-8,12-19,21H2,2-5H3,(H,37,41)/t22-,23+,26-,28-,30?,31+,33-,34+,35+/m1/s1. The van der Waals surface area contributed by atoms with Crippen LogP contribution < -0.4 is 10.6 Å². The van der Waals surface area contributed by atoms with Gasteiger partial charge in [-0.25, -0.2) is 0 Å². The molecule has 1 aromatic carbocycles. The average molecular weight is 611 g/mol. The van der Waals surface area contributed by atoms with Crippen molar-refractivity contribution in [3.8, 4) is 0 Å². The molecule has 0 aromatic heterocycles. The number of ether oxygens (including phenoxy) is 1. The van der Waals surface area contributed by atoms with Crippen molar-refractivity contribution in [3.05, 3.63) is 36.9 Å². The predicted octanol–water partition coefficient (Wildman–Crippen LogP) is 6.16. The number of aliphatic hydroxyl groups excluding tert-OH is 1. The Balaban J connectivity index is 1.27. The highest BCUT2D eigenvalue weighted by molar-refractivity contribution is 7.99.